The number of thiophene rings is 1. The summed E-state index contributed by atoms with van der Waals surface area (Å²) in [7, 11) is -0.960. The molecule has 3 nitrogen and oxygen atoms in total. The number of ether oxygens (including phenoxy) is 1. The quantitative estimate of drug-likeness (QED) is 0.550. The lowest BCUT2D eigenvalue weighted by Gasteiger charge is -2.32. The molecule has 2 rings (SSSR count). The highest BCUT2D eigenvalue weighted by Gasteiger charge is 2.53. The van der Waals surface area contributed by atoms with Crippen LogP contribution in [0.4, 0.5) is 4.39 Å². The summed E-state index contributed by atoms with van der Waals surface area (Å²) >= 11 is 1.54. The van der Waals surface area contributed by atoms with Gasteiger partial charge in [-0.1, -0.05) is 0 Å². The van der Waals surface area contributed by atoms with Crippen molar-refractivity contribution in [2.45, 2.75) is 59.2 Å². The van der Waals surface area contributed by atoms with Gasteiger partial charge in [-0.15, -0.1) is 11.3 Å². The molecule has 1 aromatic heterocycles. The Morgan fingerprint density at radius 3 is 2.35 bits per heavy atom. The summed E-state index contributed by atoms with van der Waals surface area (Å²) in [6, 6.07) is 2.00. The van der Waals surface area contributed by atoms with Crippen LogP contribution in [0.5, 0.6) is 0 Å². The van der Waals surface area contributed by atoms with Crippen LogP contribution in [-0.4, -0.2) is 31.5 Å². The van der Waals surface area contributed by atoms with E-state index in [1.807, 2.05) is 53.0 Å². The van der Waals surface area contributed by atoms with E-state index in [-0.39, 0.29) is 5.73 Å². The van der Waals surface area contributed by atoms with Crippen molar-refractivity contribution in [3.8, 4) is 0 Å². The van der Waals surface area contributed by atoms with Gasteiger partial charge in [0.05, 0.1) is 17.8 Å². The molecule has 1 saturated heterocycles. The lowest BCUT2D eigenvalue weighted by atomic mass is 9.83. The van der Waals surface area contributed by atoms with Gasteiger partial charge in [0.1, 0.15) is 5.73 Å². The summed E-state index contributed by atoms with van der Waals surface area (Å²) in [6.07, 6.45) is 0.505. The topological polar surface area (TPSA) is 27.7 Å². The Morgan fingerprint density at radius 1 is 1.26 bits per heavy atom. The molecule has 0 amide bonds. The number of hydrogen-bond acceptors (Lipinski definition) is 4. The molecule has 0 unspecified atom stereocenters. The Hall–Kier alpha value is -0.685. The Bertz CT molecular complexity index is 564. The molecule has 1 aliphatic heterocycles. The molecular weight excluding hydrogens is 314 g/mol. The Labute approximate surface area is 143 Å². The van der Waals surface area contributed by atoms with Crippen molar-refractivity contribution >= 4 is 24.0 Å². The highest BCUT2D eigenvalue weighted by molar-refractivity contribution is 7.11. The highest BCUT2D eigenvalue weighted by atomic mass is 32.1. The summed E-state index contributed by atoms with van der Waals surface area (Å²) in [5.74, 6) is 0. The Balaban J connectivity index is 2.33. The van der Waals surface area contributed by atoms with E-state index in [2.05, 4.69) is 0 Å². The molecule has 1 aromatic rings. The predicted molar refractivity (Wildman–Crippen MR) is 94.3 cm³/mol. The van der Waals surface area contributed by atoms with Crippen LogP contribution in [0.2, 0.25) is 0 Å². The zero-order chi connectivity index (χ0) is 17.3. The molecule has 128 valence electrons. The van der Waals surface area contributed by atoms with Crippen LogP contribution in [-0.2, 0) is 14.0 Å². The molecular formula is C17H26BFO3S. The minimum Gasteiger partial charge on any atom is -0.398 e. The average Bonchev–Trinajstić information content (AvgIpc) is 2.96. The largest absolute Gasteiger partial charge is 0.525 e. The second kappa shape index (κ2) is 7.05. The van der Waals surface area contributed by atoms with Crippen molar-refractivity contribution in [3.63, 3.8) is 0 Å². The van der Waals surface area contributed by atoms with Crippen molar-refractivity contribution in [2.24, 2.45) is 0 Å². The minimum atomic E-state index is -0.960. The third-order valence-corrected chi connectivity index (χ3v) is 5.66. The van der Waals surface area contributed by atoms with Crippen molar-refractivity contribution < 1.29 is 18.4 Å². The molecule has 0 aromatic carbocycles. The molecule has 0 bridgehead atoms. The second-order valence-corrected chi connectivity index (χ2v) is 7.71. The summed E-state index contributed by atoms with van der Waals surface area (Å²) in [6.45, 7) is 12.7. The molecule has 0 atom stereocenters. The van der Waals surface area contributed by atoms with E-state index >= 15 is 4.39 Å². The van der Waals surface area contributed by atoms with Crippen molar-refractivity contribution in [1.29, 1.82) is 0 Å². The normalized spacial score (nSPS) is 20.7. The van der Waals surface area contributed by atoms with Gasteiger partial charge < -0.3 is 14.0 Å². The highest BCUT2D eigenvalue weighted by Crippen LogP contribution is 2.41. The lowest BCUT2D eigenvalue weighted by Crippen LogP contribution is -2.41. The molecule has 6 heteroatoms. The number of rotatable bonds is 6. The van der Waals surface area contributed by atoms with Crippen LogP contribution >= 0.6 is 11.3 Å². The molecule has 0 spiro atoms. The molecule has 0 radical (unpaired) electrons. The van der Waals surface area contributed by atoms with Crippen LogP contribution < -0.4 is 0 Å². The fourth-order valence-corrected chi connectivity index (χ4v) is 3.43. The third kappa shape index (κ3) is 3.87. The third-order valence-electron chi connectivity index (χ3n) is 4.59. The first kappa shape index (κ1) is 18.7. The monoisotopic (exact) mass is 340 g/mol. The lowest BCUT2D eigenvalue weighted by molar-refractivity contribution is 0.00578. The summed E-state index contributed by atoms with van der Waals surface area (Å²) in [5.41, 5.74) is 0.251. The maximum atomic E-state index is 15.2. The maximum Gasteiger partial charge on any atom is 0.525 e. The first-order valence-electron chi connectivity index (χ1n) is 8.06. The SMILES string of the molecule is CCOCCC(=C(F)B1OC(C)(C)C(C)(C)O1)c1sccc1C. The van der Waals surface area contributed by atoms with Gasteiger partial charge >= 0.3 is 7.12 Å². The van der Waals surface area contributed by atoms with E-state index in [0.29, 0.717) is 25.2 Å². The Morgan fingerprint density at radius 2 is 1.87 bits per heavy atom. The van der Waals surface area contributed by atoms with Crippen LogP contribution in [0.15, 0.2) is 17.2 Å². The van der Waals surface area contributed by atoms with Crippen LogP contribution in [0, 0.1) is 6.92 Å². The van der Waals surface area contributed by atoms with E-state index in [4.69, 9.17) is 14.0 Å². The smallest absolute Gasteiger partial charge is 0.398 e. The van der Waals surface area contributed by atoms with Gasteiger partial charge in [-0.25, -0.2) is 4.39 Å². The summed E-state index contributed by atoms with van der Waals surface area (Å²) in [5, 5.41) is 1.98. The van der Waals surface area contributed by atoms with Gasteiger partial charge in [-0.2, -0.15) is 0 Å². The summed E-state index contributed by atoms with van der Waals surface area (Å²) in [4.78, 5) is 0.942. The van der Waals surface area contributed by atoms with Crippen LogP contribution in [0.1, 0.15) is 51.5 Å². The van der Waals surface area contributed by atoms with Gasteiger partial charge in [0, 0.05) is 11.5 Å². The van der Waals surface area contributed by atoms with E-state index in [1.54, 1.807) is 0 Å². The molecule has 2 heterocycles. The average molecular weight is 340 g/mol. The molecule has 1 fully saturated rings. The fraction of sp³-hybridized carbons (Fsp3) is 0.647. The molecule has 0 N–H and O–H groups in total. The molecule has 0 aliphatic carbocycles. The fourth-order valence-electron chi connectivity index (χ4n) is 2.43. The molecule has 1 aliphatic rings. The van der Waals surface area contributed by atoms with Gasteiger partial charge in [0.25, 0.3) is 0 Å². The van der Waals surface area contributed by atoms with Crippen LogP contribution in [0.25, 0.3) is 5.57 Å². The second-order valence-electron chi connectivity index (χ2n) is 6.79. The number of aryl methyl sites for hydroxylation is 1. The van der Waals surface area contributed by atoms with Gasteiger partial charge in [-0.05, 0) is 70.5 Å². The van der Waals surface area contributed by atoms with Crippen LogP contribution in [0.3, 0.4) is 0 Å². The van der Waals surface area contributed by atoms with E-state index < -0.39 is 18.3 Å². The van der Waals surface area contributed by atoms with Crippen molar-refractivity contribution in [1.82, 2.24) is 0 Å². The first-order chi connectivity index (χ1) is 10.7. The molecule has 23 heavy (non-hydrogen) atoms. The van der Waals surface area contributed by atoms with Gasteiger partial charge in [0.2, 0.25) is 0 Å². The van der Waals surface area contributed by atoms with E-state index in [0.717, 1.165) is 10.4 Å². The standard InChI is InChI=1S/C17H26BFO3S/c1-7-20-10-8-13(14-12(2)9-11-23-14)15(19)18-21-16(3,4)17(5,6)22-18/h9,11H,7-8,10H2,1-6H3. The number of halogens is 1. The number of hydrogen-bond donors (Lipinski definition) is 0. The van der Waals surface area contributed by atoms with Crippen molar-refractivity contribution in [3.05, 3.63) is 27.6 Å². The van der Waals surface area contributed by atoms with Gasteiger partial charge in [-0.3, -0.25) is 0 Å². The van der Waals surface area contributed by atoms with Crippen molar-refractivity contribution in [2.75, 3.05) is 13.2 Å². The predicted octanol–water partition coefficient (Wildman–Crippen LogP) is 4.80. The summed E-state index contributed by atoms with van der Waals surface area (Å²) < 4.78 is 32.3. The van der Waals surface area contributed by atoms with Gasteiger partial charge in [0.15, 0.2) is 0 Å². The minimum absolute atomic E-state index is 0.339. The maximum absolute atomic E-state index is 15.2. The van der Waals surface area contributed by atoms with E-state index in [9.17, 15) is 0 Å². The van der Waals surface area contributed by atoms with E-state index in [1.165, 1.54) is 11.3 Å². The zero-order valence-electron chi connectivity index (χ0n) is 14.9. The zero-order valence-corrected chi connectivity index (χ0v) is 15.7. The first-order valence-corrected chi connectivity index (χ1v) is 8.94. The molecule has 0 saturated carbocycles. The Kier molecular flexibility index (Phi) is 5.72.